The van der Waals surface area contributed by atoms with Gasteiger partial charge in [-0.25, -0.2) is 13.4 Å². The van der Waals surface area contributed by atoms with E-state index in [-0.39, 0.29) is 10.5 Å². The Kier molecular flexibility index (Phi) is 5.79. The van der Waals surface area contributed by atoms with Gasteiger partial charge in [0.1, 0.15) is 5.65 Å². The first-order valence-electron chi connectivity index (χ1n) is 10.1. The standard InChI is InChI=1S/C24H22F3N3O2S/c1-29(2)15-21-22(30-12-6-11-20(23(30)28-21)24(25,26)27)18-9-4-7-16(13-18)17-8-5-10-19(14-17)33(3,31)32/h4-14H,15H2,1-3H3. The first-order chi connectivity index (χ1) is 15.4. The molecule has 0 saturated carbocycles. The van der Waals surface area contributed by atoms with Gasteiger partial charge in [-0.05, 0) is 55.6 Å². The fourth-order valence-corrected chi connectivity index (χ4v) is 4.47. The van der Waals surface area contributed by atoms with Crippen LogP contribution in [0.25, 0.3) is 28.0 Å². The van der Waals surface area contributed by atoms with Gasteiger partial charge in [0.15, 0.2) is 9.84 Å². The third-order valence-electron chi connectivity index (χ3n) is 5.23. The number of pyridine rings is 1. The molecule has 2 aromatic heterocycles. The smallest absolute Gasteiger partial charge is 0.303 e. The molecule has 4 rings (SSSR count). The van der Waals surface area contributed by atoms with E-state index in [0.717, 1.165) is 17.9 Å². The molecule has 33 heavy (non-hydrogen) atoms. The predicted octanol–water partition coefficient (Wildman–Crippen LogP) is 5.15. The van der Waals surface area contributed by atoms with Crippen LogP contribution in [0.3, 0.4) is 0 Å². The Balaban J connectivity index is 1.93. The van der Waals surface area contributed by atoms with E-state index in [1.54, 1.807) is 30.5 Å². The second-order valence-corrected chi connectivity index (χ2v) is 10.2. The molecule has 0 spiro atoms. The lowest BCUT2D eigenvalue weighted by Gasteiger charge is -2.12. The summed E-state index contributed by atoms with van der Waals surface area (Å²) >= 11 is 0. The summed E-state index contributed by atoms with van der Waals surface area (Å²) in [6, 6.07) is 16.2. The molecule has 0 N–H and O–H groups in total. The first-order valence-corrected chi connectivity index (χ1v) is 12.0. The summed E-state index contributed by atoms with van der Waals surface area (Å²) in [5.41, 5.74) is 2.25. The lowest BCUT2D eigenvalue weighted by Crippen LogP contribution is -2.11. The second-order valence-electron chi connectivity index (χ2n) is 8.14. The first kappa shape index (κ1) is 23.0. The number of hydrogen-bond acceptors (Lipinski definition) is 4. The molecule has 9 heteroatoms. The van der Waals surface area contributed by atoms with Crippen LogP contribution in [0.15, 0.2) is 71.8 Å². The number of halogens is 3. The molecule has 0 atom stereocenters. The van der Waals surface area contributed by atoms with Crippen LogP contribution in [-0.4, -0.2) is 43.1 Å². The highest BCUT2D eigenvalue weighted by Crippen LogP contribution is 2.36. The summed E-state index contributed by atoms with van der Waals surface area (Å²) in [7, 11) is 0.269. The topological polar surface area (TPSA) is 54.7 Å². The van der Waals surface area contributed by atoms with Crippen molar-refractivity contribution >= 4 is 15.5 Å². The van der Waals surface area contributed by atoms with Crippen molar-refractivity contribution in [1.82, 2.24) is 14.3 Å². The molecular weight excluding hydrogens is 451 g/mol. The van der Waals surface area contributed by atoms with Crippen LogP contribution in [0.1, 0.15) is 11.3 Å². The van der Waals surface area contributed by atoms with Crippen LogP contribution in [0.4, 0.5) is 13.2 Å². The molecule has 172 valence electrons. The maximum Gasteiger partial charge on any atom is 0.419 e. The van der Waals surface area contributed by atoms with E-state index in [9.17, 15) is 21.6 Å². The maximum atomic E-state index is 13.6. The lowest BCUT2D eigenvalue weighted by atomic mass is 10.0. The van der Waals surface area contributed by atoms with E-state index >= 15 is 0 Å². The molecule has 2 aromatic carbocycles. The normalized spacial score (nSPS) is 12.6. The minimum absolute atomic E-state index is 0.152. The molecule has 0 bridgehead atoms. The number of nitrogens with zero attached hydrogens (tertiary/aromatic N) is 3. The third-order valence-corrected chi connectivity index (χ3v) is 6.34. The number of hydrogen-bond donors (Lipinski definition) is 0. The fraction of sp³-hybridized carbons (Fsp3) is 0.208. The van der Waals surface area contributed by atoms with E-state index in [0.29, 0.717) is 29.1 Å². The predicted molar refractivity (Wildman–Crippen MR) is 122 cm³/mol. The number of aromatic nitrogens is 2. The van der Waals surface area contributed by atoms with E-state index in [1.165, 1.54) is 16.5 Å². The summed E-state index contributed by atoms with van der Waals surface area (Å²) in [6.07, 6.45) is -1.82. The largest absolute Gasteiger partial charge is 0.419 e. The number of imidazole rings is 1. The van der Waals surface area contributed by atoms with E-state index in [2.05, 4.69) is 4.98 Å². The van der Waals surface area contributed by atoms with E-state index in [1.807, 2.05) is 37.2 Å². The Morgan fingerprint density at radius 1 is 0.939 bits per heavy atom. The van der Waals surface area contributed by atoms with Gasteiger partial charge in [0.2, 0.25) is 0 Å². The van der Waals surface area contributed by atoms with Gasteiger partial charge in [0.25, 0.3) is 0 Å². The Labute approximate surface area is 190 Å². The zero-order valence-corrected chi connectivity index (χ0v) is 19.1. The molecule has 0 radical (unpaired) electrons. The minimum atomic E-state index is -4.53. The molecule has 4 aromatic rings. The number of sulfone groups is 1. The number of rotatable bonds is 5. The summed E-state index contributed by atoms with van der Waals surface area (Å²) < 4.78 is 66.3. The van der Waals surface area contributed by atoms with Gasteiger partial charge in [-0.2, -0.15) is 13.2 Å². The van der Waals surface area contributed by atoms with Crippen molar-refractivity contribution in [2.45, 2.75) is 17.6 Å². The summed E-state index contributed by atoms with van der Waals surface area (Å²) in [5.74, 6) is 0. The van der Waals surface area contributed by atoms with Gasteiger partial charge in [0.05, 0.1) is 21.8 Å². The highest BCUT2D eigenvalue weighted by Gasteiger charge is 2.34. The Hall–Kier alpha value is -3.17. The number of benzene rings is 2. The number of fused-ring (bicyclic) bond motifs is 1. The quantitative estimate of drug-likeness (QED) is 0.402. The molecule has 0 aliphatic carbocycles. The molecule has 0 aliphatic rings. The van der Waals surface area contributed by atoms with Crippen LogP contribution in [0.2, 0.25) is 0 Å². The molecule has 0 unspecified atom stereocenters. The van der Waals surface area contributed by atoms with Crippen molar-refractivity contribution in [3.05, 3.63) is 78.1 Å². The monoisotopic (exact) mass is 473 g/mol. The Morgan fingerprint density at radius 2 is 1.58 bits per heavy atom. The van der Waals surface area contributed by atoms with Crippen molar-refractivity contribution < 1.29 is 21.6 Å². The fourth-order valence-electron chi connectivity index (χ4n) is 3.80. The summed E-state index contributed by atoms with van der Waals surface area (Å²) in [4.78, 5) is 6.41. The van der Waals surface area contributed by atoms with Crippen LogP contribution in [0.5, 0.6) is 0 Å². The van der Waals surface area contributed by atoms with Crippen molar-refractivity contribution in [2.24, 2.45) is 0 Å². The highest BCUT2D eigenvalue weighted by atomic mass is 32.2. The molecule has 0 saturated heterocycles. The van der Waals surface area contributed by atoms with Gasteiger partial charge in [-0.3, -0.25) is 4.40 Å². The molecule has 0 fully saturated rings. The number of alkyl halides is 3. The Morgan fingerprint density at radius 3 is 2.21 bits per heavy atom. The summed E-state index contributed by atoms with van der Waals surface area (Å²) in [6.45, 7) is 0.349. The van der Waals surface area contributed by atoms with Crippen LogP contribution in [-0.2, 0) is 22.6 Å². The molecule has 2 heterocycles. The molecule has 0 amide bonds. The van der Waals surface area contributed by atoms with Crippen molar-refractivity contribution in [3.63, 3.8) is 0 Å². The van der Waals surface area contributed by atoms with Crippen LogP contribution >= 0.6 is 0 Å². The zero-order chi connectivity index (χ0) is 24.0. The molecular formula is C24H22F3N3O2S. The SMILES string of the molecule is CN(C)Cc1nc2c(C(F)(F)F)cccn2c1-c1cccc(-c2cccc(S(C)(=O)=O)c2)c1. The van der Waals surface area contributed by atoms with Crippen molar-refractivity contribution in [3.8, 4) is 22.4 Å². The van der Waals surface area contributed by atoms with Crippen molar-refractivity contribution in [1.29, 1.82) is 0 Å². The van der Waals surface area contributed by atoms with Crippen molar-refractivity contribution in [2.75, 3.05) is 20.4 Å². The van der Waals surface area contributed by atoms with Crippen LogP contribution in [0, 0.1) is 0 Å². The molecule has 5 nitrogen and oxygen atoms in total. The lowest BCUT2D eigenvalue weighted by molar-refractivity contribution is -0.136. The van der Waals surface area contributed by atoms with E-state index in [4.69, 9.17) is 0 Å². The summed E-state index contributed by atoms with van der Waals surface area (Å²) in [5, 5.41) is 0. The maximum absolute atomic E-state index is 13.6. The van der Waals surface area contributed by atoms with Gasteiger partial charge in [-0.15, -0.1) is 0 Å². The van der Waals surface area contributed by atoms with E-state index < -0.39 is 21.6 Å². The zero-order valence-electron chi connectivity index (χ0n) is 18.3. The van der Waals surface area contributed by atoms with Gasteiger partial charge < -0.3 is 4.90 Å². The third kappa shape index (κ3) is 4.65. The average molecular weight is 474 g/mol. The van der Waals surface area contributed by atoms with Gasteiger partial charge in [-0.1, -0.05) is 30.3 Å². The average Bonchev–Trinajstić information content (AvgIpc) is 3.09. The molecule has 0 aliphatic heterocycles. The second kappa shape index (κ2) is 8.31. The minimum Gasteiger partial charge on any atom is -0.303 e. The van der Waals surface area contributed by atoms with Gasteiger partial charge >= 0.3 is 6.18 Å². The highest BCUT2D eigenvalue weighted by molar-refractivity contribution is 7.90. The Bertz CT molecular complexity index is 1440. The van der Waals surface area contributed by atoms with Crippen LogP contribution < -0.4 is 0 Å². The van der Waals surface area contributed by atoms with Gasteiger partial charge in [0, 0.05) is 24.6 Å².